The van der Waals surface area contributed by atoms with Gasteiger partial charge in [-0.3, -0.25) is 4.72 Å². The zero-order valence-corrected chi connectivity index (χ0v) is 10.0. The Bertz CT molecular complexity index is 392. The fraction of sp³-hybridized carbons (Fsp3) is 0.400. The van der Waals surface area contributed by atoms with Crippen LogP contribution in [0.3, 0.4) is 0 Å². The first-order chi connectivity index (χ1) is 7.64. The molecule has 6 heteroatoms. The molecule has 0 aliphatic heterocycles. The third-order valence-electron chi connectivity index (χ3n) is 1.92. The van der Waals surface area contributed by atoms with Crippen LogP contribution < -0.4 is 14.8 Å². The Hall–Kier alpha value is -1.11. The first kappa shape index (κ1) is 13.0. The van der Waals surface area contributed by atoms with Crippen LogP contribution in [0.5, 0.6) is 0 Å². The molecule has 0 aliphatic carbocycles. The van der Waals surface area contributed by atoms with Gasteiger partial charge in [-0.2, -0.15) is 13.1 Å². The van der Waals surface area contributed by atoms with Crippen molar-refractivity contribution in [2.24, 2.45) is 0 Å². The summed E-state index contributed by atoms with van der Waals surface area (Å²) in [5, 5.41) is 2.95. The number of hydrogen-bond acceptors (Lipinski definition) is 3. The number of nitrogens with one attached hydrogen (secondary N) is 3. The predicted molar refractivity (Wildman–Crippen MR) is 65.5 cm³/mol. The second-order valence-electron chi connectivity index (χ2n) is 3.32. The first-order valence-electron chi connectivity index (χ1n) is 5.11. The molecule has 1 rings (SSSR count). The van der Waals surface area contributed by atoms with Gasteiger partial charge in [-0.1, -0.05) is 18.2 Å². The van der Waals surface area contributed by atoms with Crippen LogP contribution in [0.15, 0.2) is 30.3 Å². The molecule has 1 aromatic carbocycles. The molecule has 0 fully saturated rings. The van der Waals surface area contributed by atoms with Crippen LogP contribution in [0.4, 0.5) is 5.69 Å². The molecule has 0 aliphatic rings. The standard InChI is InChI=1S/C10H17N3O2S/c1-11-8-5-9-12-16(14,15)13-10-6-3-2-4-7-10/h2-4,6-7,11-13H,5,8-9H2,1H3. The summed E-state index contributed by atoms with van der Waals surface area (Å²) in [6, 6.07) is 8.79. The average Bonchev–Trinajstić information content (AvgIpc) is 2.25. The Morgan fingerprint density at radius 3 is 2.44 bits per heavy atom. The van der Waals surface area contributed by atoms with Crippen LogP contribution in [0.25, 0.3) is 0 Å². The van der Waals surface area contributed by atoms with Gasteiger partial charge in [0.15, 0.2) is 0 Å². The molecule has 5 nitrogen and oxygen atoms in total. The molecule has 0 radical (unpaired) electrons. The summed E-state index contributed by atoms with van der Waals surface area (Å²) in [6.45, 7) is 1.21. The molecule has 0 aromatic heterocycles. The van der Waals surface area contributed by atoms with Crippen LogP contribution in [-0.4, -0.2) is 28.6 Å². The third kappa shape index (κ3) is 5.11. The summed E-state index contributed by atoms with van der Waals surface area (Å²) in [4.78, 5) is 0. The van der Waals surface area contributed by atoms with Gasteiger partial charge in [0.25, 0.3) is 10.2 Å². The SMILES string of the molecule is CNCCCNS(=O)(=O)Nc1ccccc1. The Morgan fingerprint density at radius 1 is 1.12 bits per heavy atom. The van der Waals surface area contributed by atoms with Gasteiger partial charge >= 0.3 is 0 Å². The summed E-state index contributed by atoms with van der Waals surface area (Å²) >= 11 is 0. The molecule has 0 saturated carbocycles. The highest BCUT2D eigenvalue weighted by Gasteiger charge is 2.07. The Kier molecular flexibility index (Phi) is 5.24. The van der Waals surface area contributed by atoms with E-state index in [-0.39, 0.29) is 0 Å². The monoisotopic (exact) mass is 243 g/mol. The van der Waals surface area contributed by atoms with Gasteiger partial charge in [0.2, 0.25) is 0 Å². The van der Waals surface area contributed by atoms with Gasteiger partial charge in [0.05, 0.1) is 0 Å². The fourth-order valence-electron chi connectivity index (χ4n) is 1.17. The largest absolute Gasteiger partial charge is 0.320 e. The van der Waals surface area contributed by atoms with E-state index < -0.39 is 10.2 Å². The fourth-order valence-corrected chi connectivity index (χ4v) is 2.10. The van der Waals surface area contributed by atoms with E-state index in [2.05, 4.69) is 14.8 Å². The van der Waals surface area contributed by atoms with Crippen molar-refractivity contribution in [3.63, 3.8) is 0 Å². The first-order valence-corrected chi connectivity index (χ1v) is 6.59. The highest BCUT2D eigenvalue weighted by molar-refractivity contribution is 7.90. The molecule has 0 amide bonds. The van der Waals surface area contributed by atoms with Crippen molar-refractivity contribution in [3.8, 4) is 0 Å². The van der Waals surface area contributed by atoms with Gasteiger partial charge in [0, 0.05) is 12.2 Å². The number of rotatable bonds is 7. The second kappa shape index (κ2) is 6.47. The second-order valence-corrected chi connectivity index (χ2v) is 4.82. The van der Waals surface area contributed by atoms with E-state index in [9.17, 15) is 8.42 Å². The van der Waals surface area contributed by atoms with E-state index in [1.54, 1.807) is 24.3 Å². The van der Waals surface area contributed by atoms with Gasteiger partial charge in [-0.15, -0.1) is 0 Å². The quantitative estimate of drug-likeness (QED) is 0.612. The number of anilines is 1. The van der Waals surface area contributed by atoms with Crippen LogP contribution in [0.1, 0.15) is 6.42 Å². The topological polar surface area (TPSA) is 70.2 Å². The van der Waals surface area contributed by atoms with Crippen LogP contribution in [0.2, 0.25) is 0 Å². The Morgan fingerprint density at radius 2 is 1.81 bits per heavy atom. The minimum atomic E-state index is -3.44. The minimum absolute atomic E-state index is 0.420. The van der Waals surface area contributed by atoms with E-state index >= 15 is 0 Å². The van der Waals surface area contributed by atoms with Gasteiger partial charge in [-0.05, 0) is 32.1 Å². The van der Waals surface area contributed by atoms with E-state index in [4.69, 9.17) is 0 Å². The van der Waals surface area contributed by atoms with E-state index in [0.29, 0.717) is 12.2 Å². The lowest BCUT2D eigenvalue weighted by molar-refractivity contribution is 0.582. The van der Waals surface area contributed by atoms with Gasteiger partial charge < -0.3 is 5.32 Å². The molecule has 90 valence electrons. The maximum atomic E-state index is 11.5. The van der Waals surface area contributed by atoms with Crippen molar-refractivity contribution in [2.45, 2.75) is 6.42 Å². The molecule has 0 heterocycles. The molecule has 0 spiro atoms. The van der Waals surface area contributed by atoms with Crippen molar-refractivity contribution in [2.75, 3.05) is 24.9 Å². The maximum Gasteiger partial charge on any atom is 0.299 e. The normalized spacial score (nSPS) is 11.3. The number of hydrogen-bond donors (Lipinski definition) is 3. The van der Waals surface area contributed by atoms with E-state index in [0.717, 1.165) is 13.0 Å². The van der Waals surface area contributed by atoms with Crippen molar-refractivity contribution in [1.29, 1.82) is 0 Å². The maximum absolute atomic E-state index is 11.5. The molecular formula is C10H17N3O2S. The lowest BCUT2D eigenvalue weighted by Crippen LogP contribution is -2.32. The molecule has 0 bridgehead atoms. The lowest BCUT2D eigenvalue weighted by Gasteiger charge is -2.08. The summed E-state index contributed by atoms with van der Waals surface area (Å²) in [6.07, 6.45) is 0.756. The lowest BCUT2D eigenvalue weighted by atomic mass is 10.3. The summed E-state index contributed by atoms with van der Waals surface area (Å²) in [5.74, 6) is 0. The zero-order valence-electron chi connectivity index (χ0n) is 9.23. The summed E-state index contributed by atoms with van der Waals surface area (Å²) in [5.41, 5.74) is 0.559. The summed E-state index contributed by atoms with van der Waals surface area (Å²) < 4.78 is 27.9. The van der Waals surface area contributed by atoms with Crippen molar-refractivity contribution < 1.29 is 8.42 Å². The number of benzene rings is 1. The highest BCUT2D eigenvalue weighted by Crippen LogP contribution is 2.06. The minimum Gasteiger partial charge on any atom is -0.320 e. The molecule has 3 N–H and O–H groups in total. The zero-order chi connectivity index (χ0) is 11.9. The molecule has 0 unspecified atom stereocenters. The van der Waals surface area contributed by atoms with E-state index in [1.807, 2.05) is 13.1 Å². The molecule has 0 saturated heterocycles. The van der Waals surface area contributed by atoms with Crippen LogP contribution in [-0.2, 0) is 10.2 Å². The van der Waals surface area contributed by atoms with Crippen molar-refractivity contribution in [1.82, 2.24) is 10.0 Å². The van der Waals surface area contributed by atoms with Gasteiger partial charge in [-0.25, -0.2) is 0 Å². The smallest absolute Gasteiger partial charge is 0.299 e. The number of para-hydroxylation sites is 1. The Balaban J connectivity index is 2.40. The highest BCUT2D eigenvalue weighted by atomic mass is 32.2. The van der Waals surface area contributed by atoms with Gasteiger partial charge in [0.1, 0.15) is 0 Å². The van der Waals surface area contributed by atoms with Crippen molar-refractivity contribution >= 4 is 15.9 Å². The predicted octanol–water partition coefficient (Wildman–Crippen LogP) is 0.542. The Labute approximate surface area is 96.4 Å². The van der Waals surface area contributed by atoms with E-state index in [1.165, 1.54) is 0 Å². The summed E-state index contributed by atoms with van der Waals surface area (Å²) in [7, 11) is -1.61. The third-order valence-corrected chi connectivity index (χ3v) is 3.01. The molecular weight excluding hydrogens is 226 g/mol. The average molecular weight is 243 g/mol. The molecule has 1 aromatic rings. The van der Waals surface area contributed by atoms with Crippen LogP contribution >= 0.6 is 0 Å². The molecule has 16 heavy (non-hydrogen) atoms. The van der Waals surface area contributed by atoms with Crippen LogP contribution in [0, 0.1) is 0 Å². The van der Waals surface area contributed by atoms with Crippen molar-refractivity contribution in [3.05, 3.63) is 30.3 Å². The molecule has 0 atom stereocenters.